The highest BCUT2D eigenvalue weighted by molar-refractivity contribution is 5.53. The highest BCUT2D eigenvalue weighted by atomic mass is 15.3. The van der Waals surface area contributed by atoms with E-state index in [1.165, 1.54) is 11.1 Å². The number of nitrogens with one attached hydrogen (secondary N) is 1. The van der Waals surface area contributed by atoms with Crippen molar-refractivity contribution >= 4 is 11.6 Å². The summed E-state index contributed by atoms with van der Waals surface area (Å²) in [6, 6.07) is 10.7. The van der Waals surface area contributed by atoms with Crippen molar-refractivity contribution in [1.29, 1.82) is 0 Å². The maximum Gasteiger partial charge on any atom is 0.134 e. The first-order valence-electron chi connectivity index (χ1n) is 7.50. The van der Waals surface area contributed by atoms with Crippen molar-refractivity contribution in [2.24, 2.45) is 0 Å². The number of aromatic nitrogens is 2. The molecule has 0 radical (unpaired) electrons. The molecule has 110 valence electrons. The van der Waals surface area contributed by atoms with Crippen molar-refractivity contribution in [1.82, 2.24) is 9.97 Å². The molecule has 0 saturated carbocycles. The predicted molar refractivity (Wildman–Crippen MR) is 86.6 cm³/mol. The average molecular weight is 282 g/mol. The van der Waals surface area contributed by atoms with Crippen molar-refractivity contribution in [2.45, 2.75) is 39.3 Å². The number of hydrogen-bond acceptors (Lipinski definition) is 4. The van der Waals surface area contributed by atoms with E-state index >= 15 is 0 Å². The van der Waals surface area contributed by atoms with Crippen LogP contribution >= 0.6 is 0 Å². The van der Waals surface area contributed by atoms with Crippen LogP contribution in [0.4, 0.5) is 11.6 Å². The van der Waals surface area contributed by atoms with Gasteiger partial charge in [0.05, 0.1) is 0 Å². The molecule has 0 aliphatic carbocycles. The Morgan fingerprint density at radius 1 is 1.19 bits per heavy atom. The van der Waals surface area contributed by atoms with E-state index in [0.717, 1.165) is 31.1 Å². The Morgan fingerprint density at radius 3 is 2.71 bits per heavy atom. The van der Waals surface area contributed by atoms with Gasteiger partial charge < -0.3 is 10.2 Å². The molecule has 2 heterocycles. The molecule has 2 aromatic rings. The van der Waals surface area contributed by atoms with E-state index in [4.69, 9.17) is 0 Å². The molecular weight excluding hydrogens is 260 g/mol. The van der Waals surface area contributed by atoms with Crippen molar-refractivity contribution in [3.8, 4) is 0 Å². The molecule has 4 heteroatoms. The summed E-state index contributed by atoms with van der Waals surface area (Å²) < 4.78 is 0. The van der Waals surface area contributed by atoms with Crippen LogP contribution in [0.1, 0.15) is 31.9 Å². The first-order chi connectivity index (χ1) is 10.1. The SMILES string of the molecule is CCNc1cc(N2Cc3ccccc3CC2(C)C)ncn1. The average Bonchev–Trinajstić information content (AvgIpc) is 2.46. The molecule has 0 saturated heterocycles. The van der Waals surface area contributed by atoms with Crippen LogP contribution in [0.5, 0.6) is 0 Å². The topological polar surface area (TPSA) is 41.0 Å². The summed E-state index contributed by atoms with van der Waals surface area (Å²) in [6.07, 6.45) is 2.67. The largest absolute Gasteiger partial charge is 0.370 e. The van der Waals surface area contributed by atoms with E-state index in [2.05, 4.69) is 65.2 Å². The van der Waals surface area contributed by atoms with Crippen molar-refractivity contribution in [3.63, 3.8) is 0 Å². The second-order valence-corrected chi connectivity index (χ2v) is 6.14. The molecular formula is C17H22N4. The fraction of sp³-hybridized carbons (Fsp3) is 0.412. The van der Waals surface area contributed by atoms with Gasteiger partial charge in [-0.3, -0.25) is 0 Å². The van der Waals surface area contributed by atoms with Gasteiger partial charge in [0.25, 0.3) is 0 Å². The molecule has 1 N–H and O–H groups in total. The lowest BCUT2D eigenvalue weighted by molar-refractivity contribution is 0.427. The normalized spacial score (nSPS) is 16.4. The fourth-order valence-corrected chi connectivity index (χ4v) is 2.99. The number of fused-ring (bicyclic) bond motifs is 1. The van der Waals surface area contributed by atoms with Gasteiger partial charge in [0.1, 0.15) is 18.0 Å². The van der Waals surface area contributed by atoms with Gasteiger partial charge in [-0.15, -0.1) is 0 Å². The van der Waals surface area contributed by atoms with Crippen LogP contribution in [-0.4, -0.2) is 22.1 Å². The molecule has 0 fully saturated rings. The van der Waals surface area contributed by atoms with Crippen LogP contribution in [-0.2, 0) is 13.0 Å². The van der Waals surface area contributed by atoms with Gasteiger partial charge in [-0.2, -0.15) is 0 Å². The second-order valence-electron chi connectivity index (χ2n) is 6.14. The Labute approximate surface area is 126 Å². The minimum absolute atomic E-state index is 0.0478. The van der Waals surface area contributed by atoms with Crippen LogP contribution in [0.2, 0.25) is 0 Å². The Hall–Kier alpha value is -2.10. The van der Waals surface area contributed by atoms with Gasteiger partial charge in [-0.05, 0) is 38.3 Å². The minimum atomic E-state index is 0.0478. The zero-order chi connectivity index (χ0) is 14.9. The molecule has 3 rings (SSSR count). The molecule has 1 aromatic heterocycles. The van der Waals surface area contributed by atoms with Crippen molar-refractivity contribution in [2.75, 3.05) is 16.8 Å². The maximum atomic E-state index is 4.49. The third-order valence-electron chi connectivity index (χ3n) is 4.09. The molecule has 0 amide bonds. The highest BCUT2D eigenvalue weighted by Gasteiger charge is 2.33. The molecule has 4 nitrogen and oxygen atoms in total. The molecule has 1 aliphatic heterocycles. The third-order valence-corrected chi connectivity index (χ3v) is 4.09. The standard InChI is InChI=1S/C17H22N4/c1-4-18-15-9-16(20-12-19-15)21-11-14-8-6-5-7-13(14)10-17(21,2)3/h5-9,12H,4,10-11H2,1-3H3,(H,18,19,20). The summed E-state index contributed by atoms with van der Waals surface area (Å²) >= 11 is 0. The van der Waals surface area contributed by atoms with E-state index in [0.29, 0.717) is 0 Å². The summed E-state index contributed by atoms with van der Waals surface area (Å²) in [6.45, 7) is 8.38. The second kappa shape index (κ2) is 5.35. The molecule has 21 heavy (non-hydrogen) atoms. The number of anilines is 2. The molecule has 1 aromatic carbocycles. The van der Waals surface area contributed by atoms with Gasteiger partial charge in [-0.25, -0.2) is 9.97 Å². The Morgan fingerprint density at radius 2 is 1.95 bits per heavy atom. The Kier molecular flexibility index (Phi) is 3.53. The van der Waals surface area contributed by atoms with E-state index in [1.54, 1.807) is 6.33 Å². The van der Waals surface area contributed by atoms with Gasteiger partial charge in [-0.1, -0.05) is 24.3 Å². The number of rotatable bonds is 3. The van der Waals surface area contributed by atoms with E-state index in [1.807, 2.05) is 6.07 Å². The van der Waals surface area contributed by atoms with Gasteiger partial charge in [0, 0.05) is 24.7 Å². The van der Waals surface area contributed by atoms with Crippen LogP contribution in [0, 0.1) is 0 Å². The summed E-state index contributed by atoms with van der Waals surface area (Å²) in [5.41, 5.74) is 2.88. The molecule has 0 spiro atoms. The third kappa shape index (κ3) is 2.71. The molecule has 0 unspecified atom stereocenters. The highest BCUT2D eigenvalue weighted by Crippen LogP contribution is 2.34. The van der Waals surface area contributed by atoms with Gasteiger partial charge >= 0.3 is 0 Å². The van der Waals surface area contributed by atoms with Crippen LogP contribution in [0.3, 0.4) is 0 Å². The fourth-order valence-electron chi connectivity index (χ4n) is 2.99. The first kappa shape index (κ1) is 13.9. The quantitative estimate of drug-likeness (QED) is 0.938. The summed E-state index contributed by atoms with van der Waals surface area (Å²) in [5, 5.41) is 3.26. The van der Waals surface area contributed by atoms with E-state index in [-0.39, 0.29) is 5.54 Å². The number of nitrogens with zero attached hydrogens (tertiary/aromatic N) is 3. The predicted octanol–water partition coefficient (Wildman–Crippen LogP) is 3.25. The van der Waals surface area contributed by atoms with Gasteiger partial charge in [0.15, 0.2) is 0 Å². The lowest BCUT2D eigenvalue weighted by Crippen LogP contribution is -2.49. The van der Waals surface area contributed by atoms with E-state index < -0.39 is 0 Å². The molecule has 1 aliphatic rings. The zero-order valence-corrected chi connectivity index (χ0v) is 12.9. The number of benzene rings is 1. The number of hydrogen-bond donors (Lipinski definition) is 1. The summed E-state index contributed by atoms with van der Waals surface area (Å²) in [5.74, 6) is 1.87. The smallest absolute Gasteiger partial charge is 0.134 e. The molecule has 0 bridgehead atoms. The van der Waals surface area contributed by atoms with E-state index in [9.17, 15) is 0 Å². The lowest BCUT2D eigenvalue weighted by Gasteiger charge is -2.44. The zero-order valence-electron chi connectivity index (χ0n) is 12.9. The Balaban J connectivity index is 1.96. The van der Waals surface area contributed by atoms with Gasteiger partial charge in [0.2, 0.25) is 0 Å². The van der Waals surface area contributed by atoms with Crippen molar-refractivity contribution in [3.05, 3.63) is 47.8 Å². The maximum absolute atomic E-state index is 4.49. The van der Waals surface area contributed by atoms with Crippen LogP contribution in [0.25, 0.3) is 0 Å². The molecule has 0 atom stereocenters. The summed E-state index contributed by atoms with van der Waals surface area (Å²) in [4.78, 5) is 11.1. The van der Waals surface area contributed by atoms with Crippen LogP contribution < -0.4 is 10.2 Å². The van der Waals surface area contributed by atoms with Crippen molar-refractivity contribution < 1.29 is 0 Å². The summed E-state index contributed by atoms with van der Waals surface area (Å²) in [7, 11) is 0. The Bertz CT molecular complexity index is 636. The van der Waals surface area contributed by atoms with Crippen LogP contribution in [0.15, 0.2) is 36.7 Å². The monoisotopic (exact) mass is 282 g/mol. The lowest BCUT2D eigenvalue weighted by atomic mass is 9.85. The first-order valence-corrected chi connectivity index (χ1v) is 7.50. The minimum Gasteiger partial charge on any atom is -0.370 e.